The molecule has 0 saturated carbocycles. The summed E-state index contributed by atoms with van der Waals surface area (Å²) < 4.78 is 0. The molecule has 0 unspecified atom stereocenters. The van der Waals surface area contributed by atoms with Crippen molar-refractivity contribution < 1.29 is 9.90 Å². The van der Waals surface area contributed by atoms with Crippen LogP contribution in [0.1, 0.15) is 26.2 Å². The maximum atomic E-state index is 10.6. The number of piperidine rings is 1. The van der Waals surface area contributed by atoms with Gasteiger partial charge in [0.25, 0.3) is 0 Å². The van der Waals surface area contributed by atoms with Crippen molar-refractivity contribution in [3.05, 3.63) is 0 Å². The molecule has 0 bridgehead atoms. The zero-order chi connectivity index (χ0) is 8.27. The van der Waals surface area contributed by atoms with E-state index in [1.165, 1.54) is 0 Å². The minimum atomic E-state index is -0.705. The lowest BCUT2D eigenvalue weighted by Gasteiger charge is -2.26. The van der Waals surface area contributed by atoms with Crippen molar-refractivity contribution in [2.75, 3.05) is 6.54 Å². The van der Waals surface area contributed by atoms with E-state index in [4.69, 9.17) is 5.11 Å². The Hall–Kier alpha value is -0.570. The Bertz CT molecular complexity index is 147. The summed E-state index contributed by atoms with van der Waals surface area (Å²) in [5, 5.41) is 11.7. The van der Waals surface area contributed by atoms with Crippen LogP contribution in [0.4, 0.5) is 0 Å². The third-order valence-electron chi connectivity index (χ3n) is 2.39. The van der Waals surface area contributed by atoms with Crippen molar-refractivity contribution in [3.63, 3.8) is 0 Å². The normalized spacial score (nSPS) is 31.7. The first kappa shape index (κ1) is 8.53. The van der Waals surface area contributed by atoms with Crippen LogP contribution in [0.15, 0.2) is 0 Å². The van der Waals surface area contributed by atoms with E-state index in [-0.39, 0.29) is 6.04 Å². The van der Waals surface area contributed by atoms with Crippen molar-refractivity contribution in [1.29, 1.82) is 0 Å². The van der Waals surface area contributed by atoms with E-state index in [1.54, 1.807) is 0 Å². The molecule has 1 rings (SSSR count). The highest BCUT2D eigenvalue weighted by atomic mass is 16.4. The van der Waals surface area contributed by atoms with Crippen LogP contribution in [0.2, 0.25) is 0 Å². The number of carboxylic acids is 1. The number of hydrogen-bond donors (Lipinski definition) is 2. The lowest BCUT2D eigenvalue weighted by Crippen LogP contribution is -2.43. The van der Waals surface area contributed by atoms with E-state index in [0.29, 0.717) is 5.92 Å². The van der Waals surface area contributed by atoms with E-state index in [9.17, 15) is 4.79 Å². The Morgan fingerprint density at radius 2 is 2.45 bits per heavy atom. The fourth-order valence-electron chi connectivity index (χ4n) is 1.56. The van der Waals surface area contributed by atoms with Crippen LogP contribution in [0.5, 0.6) is 0 Å². The monoisotopic (exact) mass is 157 g/mol. The molecule has 1 aliphatic heterocycles. The SMILES string of the molecule is CC[C@H]1CCN[C@@H](C(=O)O)C1. The molecule has 0 radical (unpaired) electrons. The van der Waals surface area contributed by atoms with Crippen LogP contribution in [-0.4, -0.2) is 23.7 Å². The van der Waals surface area contributed by atoms with Crippen molar-refractivity contribution in [3.8, 4) is 0 Å². The Labute approximate surface area is 66.8 Å². The molecule has 64 valence electrons. The third kappa shape index (κ3) is 2.19. The largest absolute Gasteiger partial charge is 0.480 e. The molecule has 0 aromatic heterocycles. The zero-order valence-corrected chi connectivity index (χ0v) is 6.84. The Morgan fingerprint density at radius 3 is 3.00 bits per heavy atom. The van der Waals surface area contributed by atoms with Gasteiger partial charge in [-0.15, -0.1) is 0 Å². The minimum Gasteiger partial charge on any atom is -0.480 e. The number of nitrogens with one attached hydrogen (secondary N) is 1. The topological polar surface area (TPSA) is 49.3 Å². The highest BCUT2D eigenvalue weighted by Gasteiger charge is 2.24. The predicted molar refractivity (Wildman–Crippen MR) is 42.4 cm³/mol. The van der Waals surface area contributed by atoms with Gasteiger partial charge in [-0.1, -0.05) is 13.3 Å². The summed E-state index contributed by atoms with van der Waals surface area (Å²) in [4.78, 5) is 10.6. The first-order valence-electron chi connectivity index (χ1n) is 4.20. The predicted octanol–water partition coefficient (Wildman–Crippen LogP) is 0.849. The first-order valence-corrected chi connectivity index (χ1v) is 4.20. The van der Waals surface area contributed by atoms with Gasteiger partial charge in [-0.05, 0) is 25.3 Å². The molecule has 3 nitrogen and oxygen atoms in total. The Morgan fingerprint density at radius 1 is 1.73 bits per heavy atom. The van der Waals surface area contributed by atoms with Gasteiger partial charge in [0.15, 0.2) is 0 Å². The van der Waals surface area contributed by atoms with Crippen LogP contribution in [0.3, 0.4) is 0 Å². The van der Waals surface area contributed by atoms with E-state index in [1.807, 2.05) is 0 Å². The maximum absolute atomic E-state index is 10.6. The summed E-state index contributed by atoms with van der Waals surface area (Å²) >= 11 is 0. The molecule has 0 aromatic rings. The van der Waals surface area contributed by atoms with Gasteiger partial charge in [0.2, 0.25) is 0 Å². The van der Waals surface area contributed by atoms with Gasteiger partial charge in [0.1, 0.15) is 6.04 Å². The standard InChI is InChI=1S/C8H15NO2/c1-2-6-3-4-9-7(5-6)8(10)11/h6-7,9H,2-5H2,1H3,(H,10,11)/t6-,7+/m0/s1. The summed E-state index contributed by atoms with van der Waals surface area (Å²) in [6, 6.07) is -0.298. The molecular weight excluding hydrogens is 142 g/mol. The second-order valence-electron chi connectivity index (χ2n) is 3.14. The van der Waals surface area contributed by atoms with E-state index in [0.717, 1.165) is 25.8 Å². The smallest absolute Gasteiger partial charge is 0.320 e. The molecule has 0 spiro atoms. The van der Waals surface area contributed by atoms with Gasteiger partial charge in [-0.25, -0.2) is 0 Å². The lowest BCUT2D eigenvalue weighted by atomic mass is 9.90. The summed E-state index contributed by atoms with van der Waals surface area (Å²) in [6.45, 7) is 2.98. The van der Waals surface area contributed by atoms with Crippen LogP contribution < -0.4 is 5.32 Å². The number of hydrogen-bond acceptors (Lipinski definition) is 2. The molecule has 2 atom stereocenters. The first-order chi connectivity index (χ1) is 5.24. The summed E-state index contributed by atoms with van der Waals surface area (Å²) in [5.41, 5.74) is 0. The van der Waals surface area contributed by atoms with E-state index < -0.39 is 5.97 Å². The zero-order valence-electron chi connectivity index (χ0n) is 6.84. The van der Waals surface area contributed by atoms with Gasteiger partial charge in [0, 0.05) is 0 Å². The Kier molecular flexibility index (Phi) is 2.88. The molecule has 0 aliphatic carbocycles. The molecular formula is C8H15NO2. The van der Waals surface area contributed by atoms with Crippen LogP contribution >= 0.6 is 0 Å². The molecule has 3 heteroatoms. The van der Waals surface area contributed by atoms with Gasteiger partial charge in [-0.3, -0.25) is 4.79 Å². The Balaban J connectivity index is 2.39. The molecule has 0 aromatic carbocycles. The van der Waals surface area contributed by atoms with Crippen molar-refractivity contribution in [2.45, 2.75) is 32.2 Å². The molecule has 2 N–H and O–H groups in total. The van der Waals surface area contributed by atoms with Crippen LogP contribution in [-0.2, 0) is 4.79 Å². The van der Waals surface area contributed by atoms with Crippen molar-refractivity contribution >= 4 is 5.97 Å². The highest BCUT2D eigenvalue weighted by molar-refractivity contribution is 5.73. The maximum Gasteiger partial charge on any atom is 0.320 e. The average Bonchev–Trinajstić information content (AvgIpc) is 2.05. The number of aliphatic carboxylic acids is 1. The number of carbonyl (C=O) groups is 1. The van der Waals surface area contributed by atoms with Gasteiger partial charge in [0.05, 0.1) is 0 Å². The van der Waals surface area contributed by atoms with Crippen LogP contribution in [0, 0.1) is 5.92 Å². The minimum absolute atomic E-state index is 0.298. The molecule has 1 fully saturated rings. The third-order valence-corrected chi connectivity index (χ3v) is 2.39. The van der Waals surface area contributed by atoms with Crippen molar-refractivity contribution in [1.82, 2.24) is 5.32 Å². The molecule has 11 heavy (non-hydrogen) atoms. The summed E-state index contributed by atoms with van der Waals surface area (Å²) in [6.07, 6.45) is 3.03. The molecule has 1 aliphatic rings. The molecule has 0 amide bonds. The fraction of sp³-hybridized carbons (Fsp3) is 0.875. The van der Waals surface area contributed by atoms with Gasteiger partial charge in [-0.2, -0.15) is 0 Å². The fourth-order valence-corrected chi connectivity index (χ4v) is 1.56. The summed E-state index contributed by atoms with van der Waals surface area (Å²) in [7, 11) is 0. The molecule has 1 saturated heterocycles. The second-order valence-corrected chi connectivity index (χ2v) is 3.14. The van der Waals surface area contributed by atoms with Crippen molar-refractivity contribution in [2.24, 2.45) is 5.92 Å². The van der Waals surface area contributed by atoms with Gasteiger partial charge >= 0.3 is 5.97 Å². The lowest BCUT2D eigenvalue weighted by molar-refractivity contribution is -0.140. The summed E-state index contributed by atoms with van der Waals surface area (Å²) in [5.74, 6) is -0.0968. The van der Waals surface area contributed by atoms with E-state index in [2.05, 4.69) is 12.2 Å². The number of carboxylic acid groups (broad SMARTS) is 1. The van der Waals surface area contributed by atoms with Gasteiger partial charge < -0.3 is 10.4 Å². The average molecular weight is 157 g/mol. The van der Waals surface area contributed by atoms with Crippen LogP contribution in [0.25, 0.3) is 0 Å². The molecule has 1 heterocycles. The highest BCUT2D eigenvalue weighted by Crippen LogP contribution is 2.18. The van der Waals surface area contributed by atoms with E-state index >= 15 is 0 Å². The number of rotatable bonds is 2. The quantitative estimate of drug-likeness (QED) is 0.624. The second kappa shape index (κ2) is 3.72.